The number of amides is 1. The van der Waals surface area contributed by atoms with Gasteiger partial charge in [0, 0.05) is 23.0 Å². The summed E-state index contributed by atoms with van der Waals surface area (Å²) < 4.78 is 19.1. The van der Waals surface area contributed by atoms with Crippen LogP contribution in [-0.2, 0) is 23.8 Å². The fourth-order valence-corrected chi connectivity index (χ4v) is 4.09. The van der Waals surface area contributed by atoms with Gasteiger partial charge in [-0.1, -0.05) is 18.2 Å². The summed E-state index contributed by atoms with van der Waals surface area (Å²) in [6.45, 7) is 3.93. The van der Waals surface area contributed by atoms with Crippen LogP contribution in [-0.4, -0.2) is 66.5 Å². The van der Waals surface area contributed by atoms with Crippen molar-refractivity contribution in [2.24, 2.45) is 5.10 Å². The highest BCUT2D eigenvalue weighted by molar-refractivity contribution is 6.00. The Bertz CT molecular complexity index is 1440. The van der Waals surface area contributed by atoms with E-state index in [1.54, 1.807) is 19.9 Å². The molecule has 0 unspecified atom stereocenters. The summed E-state index contributed by atoms with van der Waals surface area (Å²) in [5, 5.41) is 29.6. The van der Waals surface area contributed by atoms with Crippen molar-refractivity contribution in [3.05, 3.63) is 90.5 Å². The highest BCUT2D eigenvalue weighted by atomic mass is 16.6. The molecule has 1 aromatic carbocycles. The minimum Gasteiger partial charge on any atom is -0.466 e. The predicted molar refractivity (Wildman–Crippen MR) is 139 cm³/mol. The third-order valence-corrected chi connectivity index (χ3v) is 5.87. The Kier molecular flexibility index (Phi) is 9.52. The number of cyclic esters (lactones) is 1. The molecule has 16 nitrogen and oxygen atoms in total. The van der Waals surface area contributed by atoms with Crippen LogP contribution >= 0.6 is 0 Å². The number of nitro groups is 2. The molecule has 0 radical (unpaired) electrons. The van der Waals surface area contributed by atoms with Crippen LogP contribution in [0.1, 0.15) is 31.1 Å². The van der Waals surface area contributed by atoms with Gasteiger partial charge in [0.05, 0.1) is 55.0 Å². The molecule has 1 fully saturated rings. The lowest BCUT2D eigenvalue weighted by atomic mass is 9.79. The number of nitrogens with zero attached hydrogens (tertiary/aromatic N) is 4. The number of para-hydroxylation sites is 1. The molecule has 2 aliphatic rings. The zero-order chi connectivity index (χ0) is 30.3. The molecule has 3 heterocycles. The number of hydrogen-bond acceptors (Lipinski definition) is 13. The lowest BCUT2D eigenvalue weighted by Gasteiger charge is -2.29. The van der Waals surface area contributed by atoms with Gasteiger partial charge in [0.15, 0.2) is 5.76 Å². The Morgan fingerprint density at radius 2 is 1.63 bits per heavy atom. The van der Waals surface area contributed by atoms with E-state index in [4.69, 9.17) is 13.9 Å². The van der Waals surface area contributed by atoms with Crippen LogP contribution in [0.5, 0.6) is 0 Å². The molecular weight excluding hydrogens is 546 g/mol. The van der Waals surface area contributed by atoms with Crippen molar-refractivity contribution in [3.63, 3.8) is 0 Å². The summed E-state index contributed by atoms with van der Waals surface area (Å²) in [4.78, 5) is 56.2. The number of nitro benzene ring substituents is 1. The maximum absolute atomic E-state index is 12.3. The van der Waals surface area contributed by atoms with Gasteiger partial charge in [-0.3, -0.25) is 20.2 Å². The van der Waals surface area contributed by atoms with Crippen LogP contribution in [0.3, 0.4) is 0 Å². The molecule has 1 N–H and O–H groups in total. The number of carbonyl (C=O) groups is 3. The maximum Gasteiger partial charge on any atom is 0.433 e. The summed E-state index contributed by atoms with van der Waals surface area (Å²) in [6, 6.07) is 8.57. The smallest absolute Gasteiger partial charge is 0.433 e. The van der Waals surface area contributed by atoms with Gasteiger partial charge < -0.3 is 23.9 Å². The summed E-state index contributed by atoms with van der Waals surface area (Å²) in [7, 11) is 2.42. The number of benzene rings is 1. The van der Waals surface area contributed by atoms with Crippen molar-refractivity contribution in [2.75, 3.05) is 27.4 Å². The van der Waals surface area contributed by atoms with E-state index in [-0.39, 0.29) is 40.6 Å². The highest BCUT2D eigenvalue weighted by Crippen LogP contribution is 2.42. The Hall–Kier alpha value is -5.54. The van der Waals surface area contributed by atoms with Gasteiger partial charge in [-0.05, 0) is 19.9 Å². The Balaban J connectivity index is 0.000000248. The lowest BCUT2D eigenvalue weighted by molar-refractivity contribution is -0.402. The van der Waals surface area contributed by atoms with E-state index in [0.717, 1.165) is 5.01 Å². The van der Waals surface area contributed by atoms with Crippen LogP contribution in [0.15, 0.2) is 68.5 Å². The fourth-order valence-electron chi connectivity index (χ4n) is 4.09. The first kappa shape index (κ1) is 30.0. The molecule has 0 aliphatic carbocycles. The lowest BCUT2D eigenvalue weighted by Crippen LogP contribution is -2.32. The molecule has 16 heteroatoms. The number of allylic oxidation sites excluding steroid dienone is 2. The third-order valence-electron chi connectivity index (χ3n) is 5.87. The van der Waals surface area contributed by atoms with E-state index in [0.29, 0.717) is 17.9 Å². The van der Waals surface area contributed by atoms with Gasteiger partial charge in [-0.2, -0.15) is 10.1 Å². The molecule has 1 aromatic heterocycles. The summed E-state index contributed by atoms with van der Waals surface area (Å²) >= 11 is 0. The summed E-state index contributed by atoms with van der Waals surface area (Å²) in [6.07, 6.45) is 0.678. The molecule has 4 rings (SSSR count). The van der Waals surface area contributed by atoms with Gasteiger partial charge in [-0.25, -0.2) is 14.4 Å². The molecule has 0 spiro atoms. The second-order valence-electron chi connectivity index (χ2n) is 8.35. The predicted octanol–water partition coefficient (Wildman–Crippen LogP) is 3.15. The molecule has 1 amide bonds. The number of esters is 2. The summed E-state index contributed by atoms with van der Waals surface area (Å²) in [5.74, 6) is -2.50. The van der Waals surface area contributed by atoms with Gasteiger partial charge >= 0.3 is 23.9 Å². The minimum absolute atomic E-state index is 0.128. The zero-order valence-corrected chi connectivity index (χ0v) is 22.3. The van der Waals surface area contributed by atoms with Crippen molar-refractivity contribution >= 4 is 35.8 Å². The van der Waals surface area contributed by atoms with Crippen molar-refractivity contribution in [2.45, 2.75) is 19.8 Å². The summed E-state index contributed by atoms with van der Waals surface area (Å²) in [5.41, 5.74) is 1.19. The number of nitrogens with one attached hydrogen (secondary N) is 1. The van der Waals surface area contributed by atoms with Crippen molar-refractivity contribution in [3.8, 4) is 0 Å². The number of carbonyl (C=O) groups excluding carboxylic acids is 3. The van der Waals surface area contributed by atoms with E-state index in [2.05, 4.69) is 15.2 Å². The monoisotopic (exact) mass is 571 g/mol. The van der Waals surface area contributed by atoms with Gasteiger partial charge in [-0.15, -0.1) is 0 Å². The number of methoxy groups -OCH3 is 2. The first-order valence-corrected chi connectivity index (χ1v) is 11.8. The second-order valence-corrected chi connectivity index (χ2v) is 8.35. The van der Waals surface area contributed by atoms with E-state index in [1.165, 1.54) is 50.8 Å². The largest absolute Gasteiger partial charge is 0.466 e. The van der Waals surface area contributed by atoms with Crippen LogP contribution in [0, 0.1) is 20.2 Å². The fraction of sp³-hybridized carbons (Fsp3) is 0.280. The molecule has 0 bridgehead atoms. The maximum atomic E-state index is 12.3. The number of ether oxygens (including phenoxy) is 3. The van der Waals surface area contributed by atoms with E-state index in [9.17, 15) is 34.6 Å². The third kappa shape index (κ3) is 6.73. The molecular formula is C25H25N5O11. The first-order chi connectivity index (χ1) is 19.5. The normalized spacial score (nSPS) is 15.2. The highest BCUT2D eigenvalue weighted by Gasteiger charge is 2.40. The van der Waals surface area contributed by atoms with Crippen LogP contribution < -0.4 is 5.32 Å². The SMILES string of the molecule is COC(=O)C1=C(C)NC(C)=C(C(=O)OC)C1c1ccccc1[N+](=O)[O-].O=C1OCCN1N=Cc1ccc([N+](=O)[O-])o1. The molecule has 0 saturated carbocycles. The van der Waals surface area contributed by atoms with Crippen molar-refractivity contribution in [1.29, 1.82) is 0 Å². The average molecular weight is 571 g/mol. The van der Waals surface area contributed by atoms with Crippen LogP contribution in [0.2, 0.25) is 0 Å². The number of rotatable bonds is 7. The minimum atomic E-state index is -0.970. The topological polar surface area (TPSA) is 206 Å². The first-order valence-electron chi connectivity index (χ1n) is 11.8. The molecule has 2 aromatic rings. The van der Waals surface area contributed by atoms with Crippen molar-refractivity contribution < 1.29 is 42.9 Å². The van der Waals surface area contributed by atoms with E-state index >= 15 is 0 Å². The molecule has 1 saturated heterocycles. The van der Waals surface area contributed by atoms with E-state index in [1.807, 2.05) is 0 Å². The number of hydrogen-bond donors (Lipinski definition) is 1. The standard InChI is InChI=1S/C17H18N2O6.C8H7N3O5/c1-9-13(16(20)24-3)15(14(10(2)18-9)17(21)25-4)11-7-5-6-8-12(11)19(22)23;12-8-10(3-4-15-8)9-5-6-1-2-7(16-6)11(13)14/h5-8,15,18H,1-4H3;1-2,5H,3-4H2. The average Bonchev–Trinajstić information content (AvgIpc) is 3.60. The van der Waals surface area contributed by atoms with Crippen LogP contribution in [0.25, 0.3) is 0 Å². The Morgan fingerprint density at radius 1 is 1.02 bits per heavy atom. The molecule has 0 atom stereocenters. The Labute approximate surface area is 232 Å². The van der Waals surface area contributed by atoms with Gasteiger partial charge in [0.25, 0.3) is 5.69 Å². The van der Waals surface area contributed by atoms with Crippen LogP contribution in [0.4, 0.5) is 16.4 Å². The molecule has 41 heavy (non-hydrogen) atoms. The molecule has 2 aliphatic heterocycles. The second kappa shape index (κ2) is 13.0. The Morgan fingerprint density at radius 3 is 2.12 bits per heavy atom. The number of hydrazone groups is 1. The molecule has 216 valence electrons. The zero-order valence-electron chi connectivity index (χ0n) is 22.3. The quantitative estimate of drug-likeness (QED) is 0.167. The van der Waals surface area contributed by atoms with Gasteiger partial charge in [0.1, 0.15) is 11.5 Å². The van der Waals surface area contributed by atoms with Crippen molar-refractivity contribution in [1.82, 2.24) is 10.3 Å². The van der Waals surface area contributed by atoms with Gasteiger partial charge in [0.2, 0.25) is 0 Å². The number of furan rings is 1. The van der Waals surface area contributed by atoms with E-state index < -0.39 is 33.8 Å². The number of dihydropyridines is 1.